The molecule has 0 saturated carbocycles. The molecule has 0 fully saturated rings. The van der Waals surface area contributed by atoms with Crippen LogP contribution in [0.5, 0.6) is 0 Å². The van der Waals surface area contributed by atoms with E-state index in [4.69, 9.17) is 0 Å². The fourth-order valence-corrected chi connectivity index (χ4v) is 0.772. The van der Waals surface area contributed by atoms with Crippen molar-refractivity contribution in [3.63, 3.8) is 0 Å². The minimum absolute atomic E-state index is 0.669. The highest BCUT2D eigenvalue weighted by Crippen LogP contribution is 2.14. The summed E-state index contributed by atoms with van der Waals surface area (Å²) in [4.78, 5) is 8.46. The number of hydrogen-bond acceptors (Lipinski definition) is 2. The van der Waals surface area contributed by atoms with Crippen molar-refractivity contribution in [1.29, 1.82) is 0 Å². The summed E-state index contributed by atoms with van der Waals surface area (Å²) in [7, 11) is 1.68. The van der Waals surface area contributed by atoms with E-state index in [1.54, 1.807) is 7.05 Å². The fourth-order valence-electron chi connectivity index (χ4n) is 0.304. The number of thioether (sulfide) groups is 1. The van der Waals surface area contributed by atoms with E-state index >= 15 is 0 Å². The van der Waals surface area contributed by atoms with Gasteiger partial charge in [-0.25, -0.2) is 4.99 Å². The number of hydrogen-bond donors (Lipinski definition) is 0. The summed E-state index contributed by atoms with van der Waals surface area (Å²) in [6, 6.07) is 0. The van der Waals surface area contributed by atoms with E-state index in [0.717, 1.165) is 4.91 Å². The van der Waals surface area contributed by atoms with Crippen LogP contribution in [0.1, 0.15) is 6.92 Å². The van der Waals surface area contributed by atoms with Crippen LogP contribution in [-0.4, -0.2) is 18.9 Å². The third kappa shape index (κ3) is 3.97. The summed E-state index contributed by atoms with van der Waals surface area (Å²) in [6.45, 7) is 8.93. The van der Waals surface area contributed by atoms with Crippen molar-refractivity contribution < 1.29 is 0 Å². The molecule has 50 valence electrons. The van der Waals surface area contributed by atoms with Gasteiger partial charge in [-0.1, -0.05) is 18.3 Å². The molecular formula is C6H10N2S. The van der Waals surface area contributed by atoms with Gasteiger partial charge >= 0.3 is 0 Å². The van der Waals surface area contributed by atoms with Crippen molar-refractivity contribution >= 4 is 23.6 Å². The number of rotatable bonds is 1. The second-order valence-electron chi connectivity index (χ2n) is 1.47. The van der Waals surface area contributed by atoms with E-state index in [9.17, 15) is 0 Å². The Kier molecular flexibility index (Phi) is 4.05. The van der Waals surface area contributed by atoms with Crippen molar-refractivity contribution in [2.45, 2.75) is 6.92 Å². The first-order valence-electron chi connectivity index (χ1n) is 2.47. The Morgan fingerprint density at radius 3 is 2.22 bits per heavy atom. The van der Waals surface area contributed by atoms with Crippen molar-refractivity contribution in [3.8, 4) is 0 Å². The maximum absolute atomic E-state index is 3.84. The summed E-state index contributed by atoms with van der Waals surface area (Å²) in [6.07, 6.45) is 0. The molecule has 0 aliphatic heterocycles. The van der Waals surface area contributed by atoms with Gasteiger partial charge in [0.15, 0.2) is 5.17 Å². The number of nitrogens with zero attached hydrogens (tertiary/aromatic N) is 2. The van der Waals surface area contributed by atoms with Crippen LogP contribution in [0.3, 0.4) is 0 Å². The highest BCUT2D eigenvalue weighted by Gasteiger charge is 1.92. The lowest BCUT2D eigenvalue weighted by molar-refractivity contribution is 1.44. The molecule has 0 atom stereocenters. The molecule has 0 aliphatic carbocycles. The third-order valence-electron chi connectivity index (χ3n) is 0.592. The number of allylic oxidation sites excluding steroid dienone is 1. The lowest BCUT2D eigenvalue weighted by Gasteiger charge is -1.94. The molecule has 9 heavy (non-hydrogen) atoms. The van der Waals surface area contributed by atoms with Crippen LogP contribution in [0.25, 0.3) is 0 Å². The predicted molar refractivity (Wildman–Crippen MR) is 45.3 cm³/mol. The van der Waals surface area contributed by atoms with Crippen molar-refractivity contribution in [1.82, 2.24) is 0 Å². The molecule has 0 bridgehead atoms. The zero-order valence-corrected chi connectivity index (χ0v) is 6.53. The van der Waals surface area contributed by atoms with Gasteiger partial charge in [-0.15, -0.1) is 0 Å². The van der Waals surface area contributed by atoms with Gasteiger partial charge in [-0.3, -0.25) is 4.99 Å². The lowest BCUT2D eigenvalue weighted by Crippen LogP contribution is -1.83. The van der Waals surface area contributed by atoms with E-state index in [-0.39, 0.29) is 0 Å². The maximum Gasteiger partial charge on any atom is 0.186 e. The monoisotopic (exact) mass is 142 g/mol. The zero-order valence-electron chi connectivity index (χ0n) is 5.72. The number of aliphatic imine (C=N–C) groups is 2. The fraction of sp³-hybridized carbons (Fsp3) is 0.333. The van der Waals surface area contributed by atoms with Gasteiger partial charge in [0.1, 0.15) is 0 Å². The topological polar surface area (TPSA) is 24.7 Å². The smallest absolute Gasteiger partial charge is 0.186 e. The van der Waals surface area contributed by atoms with Crippen LogP contribution < -0.4 is 0 Å². The van der Waals surface area contributed by atoms with Crippen LogP contribution in [0.4, 0.5) is 0 Å². The van der Waals surface area contributed by atoms with Gasteiger partial charge in [0.25, 0.3) is 0 Å². The maximum atomic E-state index is 3.84. The molecule has 0 spiro atoms. The second kappa shape index (κ2) is 4.32. The molecule has 0 amide bonds. The molecule has 0 unspecified atom stereocenters. The Morgan fingerprint density at radius 1 is 1.56 bits per heavy atom. The Hall–Kier alpha value is -0.570. The first-order chi connectivity index (χ1) is 4.20. The van der Waals surface area contributed by atoms with Crippen molar-refractivity contribution in [3.05, 3.63) is 11.5 Å². The molecule has 0 aromatic carbocycles. The third-order valence-corrected chi connectivity index (χ3v) is 1.43. The lowest BCUT2D eigenvalue weighted by atomic mass is 10.8. The molecule has 0 saturated heterocycles. The number of amidine groups is 1. The summed E-state index contributed by atoms with van der Waals surface area (Å²) >= 11 is 1.43. The van der Waals surface area contributed by atoms with E-state index in [1.165, 1.54) is 11.8 Å². The van der Waals surface area contributed by atoms with Crippen LogP contribution >= 0.6 is 11.8 Å². The first kappa shape index (κ1) is 8.43. The molecule has 0 N–H and O–H groups in total. The minimum Gasteiger partial charge on any atom is -0.264 e. The molecular weight excluding hydrogens is 132 g/mol. The normalized spacial score (nSPS) is 11.1. The Labute approximate surface area is 59.8 Å². The summed E-state index contributed by atoms with van der Waals surface area (Å²) < 4.78 is 0. The summed E-state index contributed by atoms with van der Waals surface area (Å²) in [5.41, 5.74) is 0. The predicted octanol–water partition coefficient (Wildman–Crippen LogP) is 1.94. The van der Waals surface area contributed by atoms with Gasteiger partial charge < -0.3 is 0 Å². The molecule has 0 radical (unpaired) electrons. The molecule has 2 nitrogen and oxygen atoms in total. The van der Waals surface area contributed by atoms with E-state index in [2.05, 4.69) is 23.3 Å². The van der Waals surface area contributed by atoms with Crippen LogP contribution in [0.15, 0.2) is 21.5 Å². The first-order valence-corrected chi connectivity index (χ1v) is 3.29. The molecule has 0 heterocycles. The van der Waals surface area contributed by atoms with Crippen molar-refractivity contribution in [2.75, 3.05) is 7.05 Å². The summed E-state index contributed by atoms with van der Waals surface area (Å²) in [5.74, 6) is 0. The second-order valence-corrected chi connectivity index (χ2v) is 2.73. The van der Waals surface area contributed by atoms with E-state index in [0.29, 0.717) is 5.17 Å². The van der Waals surface area contributed by atoms with Gasteiger partial charge in [-0.05, 0) is 18.5 Å². The standard InChI is InChI=1S/C6H10N2S/c1-5(2)9-6(7-3)8-4/h1,3H2,2,4H3. The largest absolute Gasteiger partial charge is 0.264 e. The quantitative estimate of drug-likeness (QED) is 0.405. The Balaban J connectivity index is 3.86. The average molecular weight is 142 g/mol. The average Bonchev–Trinajstić information content (AvgIpc) is 1.82. The molecule has 0 aliphatic rings. The Bertz CT molecular complexity index is 149. The van der Waals surface area contributed by atoms with E-state index in [1.807, 2.05) is 6.92 Å². The zero-order chi connectivity index (χ0) is 7.28. The summed E-state index contributed by atoms with van der Waals surface area (Å²) in [5, 5.41) is 0.669. The highest BCUT2D eigenvalue weighted by atomic mass is 32.2. The SMILES string of the molecule is C=NC(=NC)SC(=C)C. The van der Waals surface area contributed by atoms with Gasteiger partial charge in [-0.2, -0.15) is 0 Å². The van der Waals surface area contributed by atoms with Crippen LogP contribution in [-0.2, 0) is 0 Å². The van der Waals surface area contributed by atoms with Gasteiger partial charge in [0, 0.05) is 7.05 Å². The van der Waals surface area contributed by atoms with Crippen molar-refractivity contribution in [2.24, 2.45) is 9.98 Å². The highest BCUT2D eigenvalue weighted by molar-refractivity contribution is 8.17. The molecule has 0 aromatic rings. The van der Waals surface area contributed by atoms with Gasteiger partial charge in [0.05, 0.1) is 0 Å². The Morgan fingerprint density at radius 2 is 2.11 bits per heavy atom. The molecule has 0 rings (SSSR count). The van der Waals surface area contributed by atoms with Crippen LogP contribution in [0, 0.1) is 0 Å². The van der Waals surface area contributed by atoms with Crippen LogP contribution in [0.2, 0.25) is 0 Å². The molecule has 0 aromatic heterocycles. The van der Waals surface area contributed by atoms with Gasteiger partial charge in [0.2, 0.25) is 0 Å². The molecule has 3 heteroatoms. The van der Waals surface area contributed by atoms with E-state index < -0.39 is 0 Å². The minimum atomic E-state index is 0.669.